The van der Waals surface area contributed by atoms with Gasteiger partial charge in [0.15, 0.2) is 0 Å². The molecule has 3 fully saturated rings. The van der Waals surface area contributed by atoms with Gasteiger partial charge in [0.1, 0.15) is 35.2 Å². The number of nitrogens with zero attached hydrogens (tertiary/aromatic N) is 2. The number of benzene rings is 1. The average Bonchev–Trinajstić information content (AvgIpc) is 4.08. The molecule has 20 heteroatoms. The molecule has 2 aliphatic heterocycles. The fourth-order valence-corrected chi connectivity index (χ4v) is 9.37. The summed E-state index contributed by atoms with van der Waals surface area (Å²) in [4.78, 5) is 62.7. The summed E-state index contributed by atoms with van der Waals surface area (Å²) < 4.78 is 97.2. The summed E-state index contributed by atoms with van der Waals surface area (Å²) in [5, 5.41) is 6.32. The van der Waals surface area contributed by atoms with Gasteiger partial charge >= 0.3 is 12.3 Å². The van der Waals surface area contributed by atoms with Gasteiger partial charge in [-0.05, 0) is 90.3 Å². The number of methoxy groups -OCH3 is 2. The second kappa shape index (κ2) is 17.7. The van der Waals surface area contributed by atoms with Crippen molar-refractivity contribution < 1.29 is 64.5 Å². The molecule has 4 aliphatic rings. The highest BCUT2D eigenvalue weighted by Crippen LogP contribution is 2.48. The first kappa shape index (κ1) is 46.6. The number of carbonyl (C=O) groups excluding carboxylic acids is 4. The van der Waals surface area contributed by atoms with Gasteiger partial charge in [0.05, 0.1) is 37.8 Å². The predicted octanol–water partition coefficient (Wildman–Crippen LogP) is 4.94. The summed E-state index contributed by atoms with van der Waals surface area (Å²) in [5.41, 5.74) is -4.61. The molecular formula is C42H56F3N5O11S. The molecule has 1 saturated heterocycles. The Morgan fingerprint density at radius 1 is 1.10 bits per heavy atom. The summed E-state index contributed by atoms with van der Waals surface area (Å²) in [7, 11) is -1.21. The first-order chi connectivity index (χ1) is 29.1. The minimum Gasteiger partial charge on any atom is -0.497 e. The van der Waals surface area contributed by atoms with Gasteiger partial charge in [-0.25, -0.2) is 18.2 Å². The Hall–Kier alpha value is -4.85. The highest BCUT2D eigenvalue weighted by Gasteiger charge is 2.63. The van der Waals surface area contributed by atoms with Gasteiger partial charge in [-0.3, -0.25) is 19.1 Å². The Bertz CT molecular complexity index is 2180. The zero-order chi connectivity index (χ0) is 45.4. The van der Waals surface area contributed by atoms with E-state index in [0.29, 0.717) is 68.4 Å². The van der Waals surface area contributed by atoms with Crippen LogP contribution >= 0.6 is 0 Å². The molecule has 6 rings (SSSR count). The van der Waals surface area contributed by atoms with Crippen molar-refractivity contribution in [2.24, 2.45) is 17.8 Å². The van der Waals surface area contributed by atoms with Gasteiger partial charge < -0.3 is 39.2 Å². The number of rotatable bonds is 12. The summed E-state index contributed by atoms with van der Waals surface area (Å²) >= 11 is 0. The van der Waals surface area contributed by atoms with E-state index in [0.717, 1.165) is 4.90 Å². The van der Waals surface area contributed by atoms with Crippen molar-refractivity contribution in [3.05, 3.63) is 36.5 Å². The third kappa shape index (κ3) is 9.70. The zero-order valence-corrected chi connectivity index (χ0v) is 36.7. The maximum Gasteiger partial charge on any atom is 0.427 e. The first-order valence-electron chi connectivity index (χ1n) is 20.8. The van der Waals surface area contributed by atoms with Crippen LogP contribution in [0.2, 0.25) is 0 Å². The maximum atomic E-state index is 15.0. The normalized spacial score (nSPS) is 27.7. The number of halogens is 3. The van der Waals surface area contributed by atoms with Crippen LogP contribution in [0.15, 0.2) is 36.5 Å². The molecule has 2 saturated carbocycles. The lowest BCUT2D eigenvalue weighted by Gasteiger charge is -2.35. The first-order valence-corrected chi connectivity index (χ1v) is 22.2. The van der Waals surface area contributed by atoms with Crippen LogP contribution in [0.4, 0.5) is 18.0 Å². The molecule has 2 aliphatic carbocycles. The number of amides is 4. The van der Waals surface area contributed by atoms with Crippen LogP contribution in [0, 0.1) is 17.8 Å². The van der Waals surface area contributed by atoms with Crippen LogP contribution in [0.5, 0.6) is 17.4 Å². The second-order valence-corrected chi connectivity index (χ2v) is 19.7. The van der Waals surface area contributed by atoms with Gasteiger partial charge in [0, 0.05) is 36.1 Å². The van der Waals surface area contributed by atoms with Crippen LogP contribution in [0.1, 0.15) is 79.6 Å². The van der Waals surface area contributed by atoms with E-state index >= 15 is 4.79 Å². The number of ether oxygens (including phenoxy) is 5. The fourth-order valence-electron chi connectivity index (χ4n) is 8.06. The minimum atomic E-state index is -4.95. The van der Waals surface area contributed by atoms with Crippen LogP contribution < -0.4 is 29.6 Å². The third-order valence-electron chi connectivity index (χ3n) is 12.4. The number of allylic oxidation sites excluding steroid dienone is 1. The topological polar surface area (TPSA) is 201 Å². The zero-order valence-electron chi connectivity index (χ0n) is 35.9. The third-order valence-corrected chi connectivity index (χ3v) is 14.5. The number of fused-ring (bicyclic) bond motifs is 3. The molecular weight excluding hydrogens is 840 g/mol. The van der Waals surface area contributed by atoms with Crippen LogP contribution in [-0.2, 0) is 33.9 Å². The molecule has 342 valence electrons. The number of aromatic nitrogens is 1. The van der Waals surface area contributed by atoms with E-state index in [-0.39, 0.29) is 44.2 Å². The van der Waals surface area contributed by atoms with Crippen molar-refractivity contribution in [2.75, 3.05) is 34.0 Å². The van der Waals surface area contributed by atoms with Crippen molar-refractivity contribution >= 4 is 44.6 Å². The molecule has 4 amide bonds. The molecule has 3 heterocycles. The van der Waals surface area contributed by atoms with E-state index in [2.05, 4.69) is 20.3 Å². The average molecular weight is 896 g/mol. The van der Waals surface area contributed by atoms with Crippen molar-refractivity contribution in [1.29, 1.82) is 0 Å². The largest absolute Gasteiger partial charge is 0.497 e. The number of carbonyl (C=O) groups is 4. The Labute approximate surface area is 359 Å². The number of alkyl halides is 3. The quantitative estimate of drug-likeness (QED) is 0.243. The van der Waals surface area contributed by atoms with Crippen molar-refractivity contribution in [2.45, 2.75) is 120 Å². The molecule has 0 bridgehead atoms. The Balaban J connectivity index is 1.39. The van der Waals surface area contributed by atoms with E-state index < -0.39 is 85.9 Å². The van der Waals surface area contributed by atoms with Crippen LogP contribution in [0.25, 0.3) is 10.8 Å². The molecule has 0 spiro atoms. The van der Waals surface area contributed by atoms with Gasteiger partial charge in [-0.15, -0.1) is 0 Å². The number of pyridine rings is 1. The van der Waals surface area contributed by atoms with Crippen molar-refractivity contribution in [3.63, 3.8) is 0 Å². The van der Waals surface area contributed by atoms with Gasteiger partial charge in [0.2, 0.25) is 33.3 Å². The summed E-state index contributed by atoms with van der Waals surface area (Å²) in [5.74, 6) is -2.97. The van der Waals surface area contributed by atoms with Crippen molar-refractivity contribution in [3.8, 4) is 17.4 Å². The molecule has 0 radical (unpaired) electrons. The Morgan fingerprint density at radius 2 is 1.82 bits per heavy atom. The fraction of sp³-hybridized carbons (Fsp3) is 0.643. The van der Waals surface area contributed by atoms with E-state index in [1.807, 2.05) is 19.9 Å². The predicted molar refractivity (Wildman–Crippen MR) is 219 cm³/mol. The molecule has 16 nitrogen and oxygen atoms in total. The molecule has 1 aromatic heterocycles. The van der Waals surface area contributed by atoms with Crippen LogP contribution in [-0.4, -0.2) is 116 Å². The summed E-state index contributed by atoms with van der Waals surface area (Å²) in [6, 6.07) is 2.21. The maximum absolute atomic E-state index is 15.0. The van der Waals surface area contributed by atoms with Gasteiger partial charge in [-0.1, -0.05) is 19.1 Å². The number of alkyl carbamates (subject to hydrolysis) is 1. The number of sulfonamides is 1. The van der Waals surface area contributed by atoms with E-state index in [1.54, 1.807) is 24.3 Å². The standard InChI is InChI=1S/C42H56F3N5O11S/c1-8-59-32-21-46-35(29-14-13-27(58-7)18-30(29)32)60-28-19-31-34(51)48-41(37(53)49-62(55,56)40(5)15-16-40)20-26(41)12-10-9-11-24(2)17-25(23-57-6)33(36(52)50(31)22-28)47-38(54)61-39(3,4)42(43,44)45/h10,12-14,18,21,24-26,28,31,33H,8-9,11,15-17,19-20,22-23H2,1-7H3,(H,47,54)(H,48,51)(H,49,53). The number of nitrogens with one attached hydrogen (secondary N) is 3. The smallest absolute Gasteiger partial charge is 0.427 e. The molecule has 1 aromatic carbocycles. The lowest BCUT2D eigenvalue weighted by Crippen LogP contribution is -2.60. The molecule has 62 heavy (non-hydrogen) atoms. The number of hydrogen-bond acceptors (Lipinski definition) is 12. The molecule has 3 N–H and O–H groups in total. The van der Waals surface area contributed by atoms with Crippen molar-refractivity contribution in [1.82, 2.24) is 25.2 Å². The Morgan fingerprint density at radius 3 is 2.47 bits per heavy atom. The second-order valence-electron chi connectivity index (χ2n) is 17.5. The number of hydrogen-bond donors (Lipinski definition) is 3. The summed E-state index contributed by atoms with van der Waals surface area (Å²) in [6.07, 6.45) is -0.341. The van der Waals surface area contributed by atoms with E-state index in [4.69, 9.17) is 23.7 Å². The Kier molecular flexibility index (Phi) is 13.3. The van der Waals surface area contributed by atoms with E-state index in [1.165, 1.54) is 27.3 Å². The lowest BCUT2D eigenvalue weighted by atomic mass is 9.87. The summed E-state index contributed by atoms with van der Waals surface area (Å²) in [6.45, 7) is 6.58. The molecule has 7 atom stereocenters. The van der Waals surface area contributed by atoms with Gasteiger partial charge in [0.25, 0.3) is 5.91 Å². The van der Waals surface area contributed by atoms with Crippen LogP contribution in [0.3, 0.4) is 0 Å². The SMILES string of the molecule is CCOc1cnc(OC2CC3C(=O)NC4(C(=O)NS(=O)(=O)C5(C)CC5)CC4C=CCCC(C)CC(COC)C(NC(=O)OC(C)(C)C(F)(F)F)C(=O)N3C2)c2ccc(OC)cc12. The molecule has 7 unspecified atom stereocenters. The monoisotopic (exact) mass is 895 g/mol. The molecule has 2 aromatic rings. The minimum absolute atomic E-state index is 0.0793. The highest BCUT2D eigenvalue weighted by molar-refractivity contribution is 7.91. The van der Waals surface area contributed by atoms with E-state index in [9.17, 15) is 36.0 Å². The highest BCUT2D eigenvalue weighted by atomic mass is 32.2. The lowest BCUT2D eigenvalue weighted by molar-refractivity contribution is -0.244. The van der Waals surface area contributed by atoms with Gasteiger partial charge in [-0.2, -0.15) is 13.2 Å².